The van der Waals surface area contributed by atoms with Gasteiger partial charge in [-0.2, -0.15) is 0 Å². The molecule has 6 heteroatoms. The van der Waals surface area contributed by atoms with E-state index in [0.29, 0.717) is 23.6 Å². The largest absolute Gasteiger partial charge is 0.489 e. The Kier molecular flexibility index (Phi) is 7.85. The summed E-state index contributed by atoms with van der Waals surface area (Å²) in [7, 11) is 0. The van der Waals surface area contributed by atoms with Gasteiger partial charge in [-0.3, -0.25) is 0 Å². The van der Waals surface area contributed by atoms with Crippen LogP contribution in [0.25, 0.3) is 0 Å². The summed E-state index contributed by atoms with van der Waals surface area (Å²) in [6.07, 6.45) is 4.07. The number of aromatic nitrogens is 1. The fraction of sp³-hybridized carbons (Fsp3) is 0.500. The molecule has 1 saturated heterocycles. The topological polar surface area (TPSA) is 34.1 Å². The zero-order valence-corrected chi connectivity index (χ0v) is 11.1. The first kappa shape index (κ1) is 15.8. The highest BCUT2D eigenvalue weighted by molar-refractivity contribution is 6.30. The van der Waals surface area contributed by atoms with Crippen LogP contribution < -0.4 is 10.1 Å². The predicted octanol–water partition coefficient (Wildman–Crippen LogP) is 2.71. The standard InChI is InChI=1S/C10H13ClN2O.2ClH/c11-10-9(4-2-6-13-10)14-7-8-3-1-5-12-8;;/h2,4,6,8,12H,1,3,5,7H2;2*1H/t8-;;/m1../s1. The second kappa shape index (κ2) is 7.96. The molecule has 0 spiro atoms. The van der Waals surface area contributed by atoms with Gasteiger partial charge >= 0.3 is 0 Å². The molecule has 0 amide bonds. The second-order valence-electron chi connectivity index (χ2n) is 3.40. The molecule has 0 saturated carbocycles. The van der Waals surface area contributed by atoms with Crippen molar-refractivity contribution in [3.8, 4) is 5.75 Å². The van der Waals surface area contributed by atoms with E-state index in [1.807, 2.05) is 12.1 Å². The van der Waals surface area contributed by atoms with Gasteiger partial charge in [0.15, 0.2) is 10.9 Å². The van der Waals surface area contributed by atoms with Crippen molar-refractivity contribution in [1.29, 1.82) is 0 Å². The first-order valence-electron chi connectivity index (χ1n) is 4.83. The highest BCUT2D eigenvalue weighted by atomic mass is 35.5. The summed E-state index contributed by atoms with van der Waals surface area (Å²) >= 11 is 5.85. The average Bonchev–Trinajstić information content (AvgIpc) is 2.69. The van der Waals surface area contributed by atoms with E-state index in [1.165, 1.54) is 12.8 Å². The molecule has 0 bridgehead atoms. The minimum Gasteiger partial charge on any atom is -0.489 e. The third kappa shape index (κ3) is 4.34. The highest BCUT2D eigenvalue weighted by Gasteiger charge is 2.14. The summed E-state index contributed by atoms with van der Waals surface area (Å²) in [5.41, 5.74) is 0. The zero-order valence-electron chi connectivity index (χ0n) is 8.69. The number of pyridine rings is 1. The van der Waals surface area contributed by atoms with Crippen LogP contribution in [0.2, 0.25) is 5.15 Å². The minimum atomic E-state index is 0. The van der Waals surface area contributed by atoms with Gasteiger partial charge in [0.2, 0.25) is 0 Å². The predicted molar refractivity (Wildman–Crippen MR) is 70.3 cm³/mol. The molecule has 92 valence electrons. The lowest BCUT2D eigenvalue weighted by molar-refractivity contribution is 0.276. The van der Waals surface area contributed by atoms with E-state index in [4.69, 9.17) is 16.3 Å². The molecule has 1 aromatic rings. The van der Waals surface area contributed by atoms with Crippen LogP contribution in [0.3, 0.4) is 0 Å². The number of rotatable bonds is 3. The zero-order chi connectivity index (χ0) is 9.80. The lowest BCUT2D eigenvalue weighted by Crippen LogP contribution is -2.28. The Labute approximate surface area is 113 Å². The number of hydrogen-bond acceptors (Lipinski definition) is 3. The molecule has 0 aliphatic carbocycles. The lowest BCUT2D eigenvalue weighted by Gasteiger charge is -2.12. The van der Waals surface area contributed by atoms with Crippen LogP contribution in [0.15, 0.2) is 18.3 Å². The number of nitrogens with zero attached hydrogens (tertiary/aromatic N) is 1. The molecule has 1 aromatic heterocycles. The van der Waals surface area contributed by atoms with Crippen molar-refractivity contribution in [2.24, 2.45) is 0 Å². The number of ether oxygens (including phenoxy) is 1. The highest BCUT2D eigenvalue weighted by Crippen LogP contribution is 2.20. The first-order chi connectivity index (χ1) is 6.86. The Hall–Kier alpha value is -0.220. The van der Waals surface area contributed by atoms with Crippen molar-refractivity contribution in [1.82, 2.24) is 10.3 Å². The van der Waals surface area contributed by atoms with E-state index in [1.54, 1.807) is 6.20 Å². The van der Waals surface area contributed by atoms with E-state index >= 15 is 0 Å². The molecule has 1 aliphatic heterocycles. The third-order valence-corrected chi connectivity index (χ3v) is 2.61. The second-order valence-corrected chi connectivity index (χ2v) is 3.75. The maximum absolute atomic E-state index is 5.85. The fourth-order valence-electron chi connectivity index (χ4n) is 1.57. The summed E-state index contributed by atoms with van der Waals surface area (Å²) in [4.78, 5) is 3.94. The van der Waals surface area contributed by atoms with Gasteiger partial charge in [0.1, 0.15) is 6.61 Å². The van der Waals surface area contributed by atoms with Crippen molar-refractivity contribution < 1.29 is 4.74 Å². The molecule has 1 aliphatic rings. The van der Waals surface area contributed by atoms with Gasteiger partial charge in [0.25, 0.3) is 0 Å². The molecule has 1 N–H and O–H groups in total. The van der Waals surface area contributed by atoms with Crippen molar-refractivity contribution in [3.63, 3.8) is 0 Å². The van der Waals surface area contributed by atoms with Crippen molar-refractivity contribution in [3.05, 3.63) is 23.5 Å². The Morgan fingerprint density at radius 3 is 2.94 bits per heavy atom. The Balaban J connectivity index is 0.00000112. The van der Waals surface area contributed by atoms with Crippen LogP contribution in [-0.4, -0.2) is 24.2 Å². The van der Waals surface area contributed by atoms with Crippen LogP contribution in [0.4, 0.5) is 0 Å². The third-order valence-electron chi connectivity index (χ3n) is 2.33. The normalized spacial score (nSPS) is 18.4. The van der Waals surface area contributed by atoms with Crippen molar-refractivity contribution in [2.75, 3.05) is 13.2 Å². The van der Waals surface area contributed by atoms with E-state index in [0.717, 1.165) is 6.54 Å². The van der Waals surface area contributed by atoms with E-state index in [2.05, 4.69) is 10.3 Å². The maximum atomic E-state index is 5.85. The van der Waals surface area contributed by atoms with Crippen LogP contribution in [0, 0.1) is 0 Å². The molecule has 1 atom stereocenters. The van der Waals surface area contributed by atoms with Crippen LogP contribution in [0.5, 0.6) is 5.75 Å². The molecule has 2 rings (SSSR count). The fourth-order valence-corrected chi connectivity index (χ4v) is 1.74. The summed E-state index contributed by atoms with van der Waals surface area (Å²) < 4.78 is 5.56. The van der Waals surface area contributed by atoms with Crippen LogP contribution >= 0.6 is 36.4 Å². The SMILES string of the molecule is Cl.Cl.Clc1ncccc1OC[C@H]1CCCN1. The lowest BCUT2D eigenvalue weighted by atomic mass is 10.2. The Morgan fingerprint density at radius 1 is 1.50 bits per heavy atom. The Morgan fingerprint density at radius 2 is 2.31 bits per heavy atom. The number of nitrogens with one attached hydrogen (secondary N) is 1. The van der Waals surface area contributed by atoms with E-state index < -0.39 is 0 Å². The van der Waals surface area contributed by atoms with Gasteiger partial charge < -0.3 is 10.1 Å². The quantitative estimate of drug-likeness (QED) is 0.867. The van der Waals surface area contributed by atoms with E-state index in [-0.39, 0.29) is 24.8 Å². The molecule has 0 radical (unpaired) electrons. The maximum Gasteiger partial charge on any atom is 0.171 e. The molecular formula is C10H15Cl3N2O. The van der Waals surface area contributed by atoms with Gasteiger partial charge in [-0.05, 0) is 31.5 Å². The molecule has 16 heavy (non-hydrogen) atoms. The molecule has 1 fully saturated rings. The minimum absolute atomic E-state index is 0. The number of hydrogen-bond donors (Lipinski definition) is 1. The van der Waals surface area contributed by atoms with Gasteiger partial charge in [-0.25, -0.2) is 4.98 Å². The molecule has 3 nitrogen and oxygen atoms in total. The van der Waals surface area contributed by atoms with Crippen LogP contribution in [-0.2, 0) is 0 Å². The summed E-state index contributed by atoms with van der Waals surface area (Å²) in [6, 6.07) is 4.12. The van der Waals surface area contributed by atoms with Gasteiger partial charge in [-0.1, -0.05) is 11.6 Å². The summed E-state index contributed by atoms with van der Waals surface area (Å²) in [6.45, 7) is 1.76. The van der Waals surface area contributed by atoms with Gasteiger partial charge in [0, 0.05) is 12.2 Å². The molecular weight excluding hydrogens is 270 g/mol. The number of halogens is 3. The van der Waals surface area contributed by atoms with Gasteiger partial charge in [-0.15, -0.1) is 24.8 Å². The smallest absolute Gasteiger partial charge is 0.171 e. The van der Waals surface area contributed by atoms with Crippen LogP contribution in [0.1, 0.15) is 12.8 Å². The molecule has 0 unspecified atom stereocenters. The van der Waals surface area contributed by atoms with Crippen molar-refractivity contribution in [2.45, 2.75) is 18.9 Å². The van der Waals surface area contributed by atoms with Crippen molar-refractivity contribution >= 4 is 36.4 Å². The summed E-state index contributed by atoms with van der Waals surface area (Å²) in [5, 5.41) is 3.79. The Bertz CT molecular complexity index is 306. The average molecular weight is 286 g/mol. The van der Waals surface area contributed by atoms with Gasteiger partial charge in [0.05, 0.1) is 0 Å². The first-order valence-corrected chi connectivity index (χ1v) is 5.21. The molecule has 2 heterocycles. The van der Waals surface area contributed by atoms with E-state index in [9.17, 15) is 0 Å². The monoisotopic (exact) mass is 284 g/mol. The summed E-state index contributed by atoms with van der Waals surface area (Å²) in [5.74, 6) is 0.669. The molecule has 0 aromatic carbocycles.